The van der Waals surface area contributed by atoms with Crippen LogP contribution in [0.2, 0.25) is 0 Å². The first kappa shape index (κ1) is 19.1. The highest BCUT2D eigenvalue weighted by Gasteiger charge is 2.72. The van der Waals surface area contributed by atoms with E-state index in [9.17, 15) is 5.11 Å². The van der Waals surface area contributed by atoms with E-state index in [-0.39, 0.29) is 17.0 Å². The van der Waals surface area contributed by atoms with E-state index >= 15 is 0 Å². The fourth-order valence-electron chi connectivity index (χ4n) is 7.50. The number of piperidine rings is 1. The summed E-state index contributed by atoms with van der Waals surface area (Å²) in [6, 6.07) is 0.181. The van der Waals surface area contributed by atoms with Gasteiger partial charge in [-0.1, -0.05) is 42.2 Å². The number of aliphatic hydroxyl groups is 1. The summed E-state index contributed by atoms with van der Waals surface area (Å²) < 4.78 is 0. The molecule has 6 atom stereocenters. The van der Waals surface area contributed by atoms with Gasteiger partial charge >= 0.3 is 0 Å². The molecule has 27 heavy (non-hydrogen) atoms. The van der Waals surface area contributed by atoms with Crippen LogP contribution in [-0.2, 0) is 0 Å². The molecule has 1 aliphatic heterocycles. The van der Waals surface area contributed by atoms with Crippen molar-refractivity contribution in [1.82, 2.24) is 4.90 Å². The van der Waals surface area contributed by atoms with Crippen molar-refractivity contribution in [3.63, 3.8) is 0 Å². The summed E-state index contributed by atoms with van der Waals surface area (Å²) in [5.41, 5.74) is 1.60. The maximum atomic E-state index is 12.5. The number of allylic oxidation sites excluding steroid dienone is 4. The summed E-state index contributed by atoms with van der Waals surface area (Å²) in [6.07, 6.45) is 12.9. The molecule has 3 aliphatic carbocycles. The molecule has 0 aromatic carbocycles. The topological polar surface area (TPSA) is 35.8 Å². The van der Waals surface area contributed by atoms with E-state index in [1.165, 1.54) is 11.1 Å². The van der Waals surface area contributed by atoms with E-state index in [2.05, 4.69) is 51.1 Å². The SMILES string of the molecule is C=CCN1CCC23C4C(C)=C(C)C=CC4CC1C2(O)CCCCC3(C)N=C. The van der Waals surface area contributed by atoms with Crippen LogP contribution in [0.4, 0.5) is 0 Å². The second-order valence-corrected chi connectivity index (χ2v) is 9.69. The van der Waals surface area contributed by atoms with E-state index < -0.39 is 5.60 Å². The third-order valence-corrected chi connectivity index (χ3v) is 8.84. The van der Waals surface area contributed by atoms with Crippen LogP contribution in [0, 0.1) is 17.3 Å². The molecule has 0 radical (unpaired) electrons. The van der Waals surface area contributed by atoms with Gasteiger partial charge in [0, 0.05) is 18.0 Å². The van der Waals surface area contributed by atoms with Gasteiger partial charge in [-0.25, -0.2) is 0 Å². The van der Waals surface area contributed by atoms with Crippen molar-refractivity contribution in [3.8, 4) is 0 Å². The van der Waals surface area contributed by atoms with Gasteiger partial charge in [0.25, 0.3) is 0 Å². The van der Waals surface area contributed by atoms with Gasteiger partial charge in [-0.3, -0.25) is 9.89 Å². The van der Waals surface area contributed by atoms with Gasteiger partial charge in [0.05, 0.1) is 11.1 Å². The van der Waals surface area contributed by atoms with Crippen LogP contribution in [0.25, 0.3) is 0 Å². The first-order chi connectivity index (χ1) is 12.8. The van der Waals surface area contributed by atoms with Crippen molar-refractivity contribution < 1.29 is 5.11 Å². The Kier molecular flexibility index (Phi) is 4.55. The summed E-state index contributed by atoms with van der Waals surface area (Å²) in [4.78, 5) is 7.30. The molecule has 0 aromatic rings. The normalized spacial score (nSPS) is 47.0. The minimum atomic E-state index is -0.714. The molecule has 148 valence electrons. The van der Waals surface area contributed by atoms with Gasteiger partial charge < -0.3 is 5.11 Å². The van der Waals surface area contributed by atoms with Crippen molar-refractivity contribution in [2.24, 2.45) is 22.2 Å². The van der Waals surface area contributed by atoms with Crippen molar-refractivity contribution in [1.29, 1.82) is 0 Å². The molecule has 2 bridgehead atoms. The van der Waals surface area contributed by atoms with E-state index in [0.29, 0.717) is 11.8 Å². The van der Waals surface area contributed by atoms with E-state index in [0.717, 1.165) is 51.6 Å². The van der Waals surface area contributed by atoms with Gasteiger partial charge in [-0.15, -0.1) is 6.58 Å². The molecule has 6 unspecified atom stereocenters. The van der Waals surface area contributed by atoms with Crippen molar-refractivity contribution >= 4 is 6.72 Å². The van der Waals surface area contributed by atoms with E-state index in [1.807, 2.05) is 6.08 Å². The maximum Gasteiger partial charge on any atom is 0.0887 e. The zero-order valence-electron chi connectivity index (χ0n) is 17.4. The average Bonchev–Trinajstić information content (AvgIpc) is 2.76. The highest BCUT2D eigenvalue weighted by molar-refractivity contribution is 5.40. The summed E-state index contributed by atoms with van der Waals surface area (Å²) in [6.45, 7) is 16.7. The van der Waals surface area contributed by atoms with Crippen LogP contribution in [0.15, 0.2) is 40.9 Å². The highest BCUT2D eigenvalue weighted by Crippen LogP contribution is 2.68. The molecule has 3 heteroatoms. The molecule has 4 rings (SSSR count). The van der Waals surface area contributed by atoms with E-state index in [1.54, 1.807) is 0 Å². The number of fused-ring (bicyclic) bond motifs is 1. The third kappa shape index (κ3) is 2.31. The lowest BCUT2D eigenvalue weighted by Gasteiger charge is -2.70. The largest absolute Gasteiger partial charge is 0.388 e. The minimum Gasteiger partial charge on any atom is -0.388 e. The molecule has 2 saturated carbocycles. The maximum absolute atomic E-state index is 12.5. The van der Waals surface area contributed by atoms with Crippen LogP contribution in [-0.4, -0.2) is 47.0 Å². The summed E-state index contributed by atoms with van der Waals surface area (Å²) in [7, 11) is 0. The van der Waals surface area contributed by atoms with Crippen molar-refractivity contribution in [2.75, 3.05) is 13.1 Å². The molecule has 0 aromatic heterocycles. The quantitative estimate of drug-likeness (QED) is 0.586. The summed E-state index contributed by atoms with van der Waals surface area (Å²) in [5.74, 6) is 0.842. The zero-order chi connectivity index (χ0) is 19.4. The predicted molar refractivity (Wildman–Crippen MR) is 113 cm³/mol. The molecular weight excluding hydrogens is 332 g/mol. The highest BCUT2D eigenvalue weighted by atomic mass is 16.3. The Morgan fingerprint density at radius 2 is 2.04 bits per heavy atom. The van der Waals surface area contributed by atoms with Crippen LogP contribution in [0.3, 0.4) is 0 Å². The lowest BCUT2D eigenvalue weighted by molar-refractivity contribution is -0.245. The Labute approximate surface area is 164 Å². The van der Waals surface area contributed by atoms with Crippen LogP contribution in [0.5, 0.6) is 0 Å². The van der Waals surface area contributed by atoms with Crippen LogP contribution in [0.1, 0.15) is 59.3 Å². The zero-order valence-corrected chi connectivity index (χ0v) is 17.4. The smallest absolute Gasteiger partial charge is 0.0887 e. The van der Waals surface area contributed by atoms with Crippen molar-refractivity contribution in [3.05, 3.63) is 36.0 Å². The molecule has 0 spiro atoms. The van der Waals surface area contributed by atoms with Crippen LogP contribution >= 0.6 is 0 Å². The fraction of sp³-hybridized carbons (Fsp3) is 0.708. The Morgan fingerprint density at radius 1 is 1.30 bits per heavy atom. The number of likely N-dealkylation sites (tertiary alicyclic amines) is 1. The number of hydrogen-bond donors (Lipinski definition) is 1. The third-order valence-electron chi connectivity index (χ3n) is 8.84. The second kappa shape index (κ2) is 6.42. The monoisotopic (exact) mass is 368 g/mol. The lowest BCUT2D eigenvalue weighted by Crippen LogP contribution is -2.77. The summed E-state index contributed by atoms with van der Waals surface area (Å²) in [5, 5.41) is 12.5. The molecule has 1 saturated heterocycles. The molecule has 3 fully saturated rings. The lowest BCUT2D eigenvalue weighted by atomic mass is 9.41. The summed E-state index contributed by atoms with van der Waals surface area (Å²) >= 11 is 0. The fourth-order valence-corrected chi connectivity index (χ4v) is 7.50. The number of hydrogen-bond acceptors (Lipinski definition) is 3. The molecule has 0 amide bonds. The van der Waals surface area contributed by atoms with Crippen molar-refractivity contribution in [2.45, 2.75) is 76.5 Å². The predicted octanol–water partition coefficient (Wildman–Crippen LogP) is 4.54. The van der Waals surface area contributed by atoms with Gasteiger partial charge in [0.1, 0.15) is 0 Å². The minimum absolute atomic E-state index is 0.181. The average molecular weight is 369 g/mol. The van der Waals surface area contributed by atoms with Gasteiger partial charge in [-0.05, 0) is 71.6 Å². The van der Waals surface area contributed by atoms with Gasteiger partial charge in [-0.2, -0.15) is 0 Å². The Morgan fingerprint density at radius 3 is 2.74 bits per heavy atom. The van der Waals surface area contributed by atoms with Gasteiger partial charge in [0.2, 0.25) is 0 Å². The molecular formula is C24H36N2O. The van der Waals surface area contributed by atoms with Crippen LogP contribution < -0.4 is 0 Å². The number of aliphatic imine (C=N–C) groups is 1. The Balaban J connectivity index is 1.97. The second-order valence-electron chi connectivity index (χ2n) is 9.69. The Hall–Kier alpha value is -1.19. The first-order valence-electron chi connectivity index (χ1n) is 10.8. The number of rotatable bonds is 3. The molecule has 1 N–H and O–H groups in total. The van der Waals surface area contributed by atoms with E-state index in [4.69, 9.17) is 4.99 Å². The molecule has 3 nitrogen and oxygen atoms in total. The van der Waals surface area contributed by atoms with Gasteiger partial charge in [0.15, 0.2) is 0 Å². The molecule has 4 aliphatic rings. The standard InChI is InChI=1S/C24H36N2O/c1-6-14-26-15-13-23-21-18(3)17(2)9-10-19(21)16-20(26)24(23,27)12-8-7-11-22(23,4)25-5/h6,9-10,19-21,27H,1,5,7-8,11-16H2,2-4H3. The molecule has 1 heterocycles. The first-order valence-corrected chi connectivity index (χ1v) is 10.8. The number of nitrogens with zero attached hydrogens (tertiary/aromatic N) is 2. The Bertz CT molecular complexity index is 709.